The quantitative estimate of drug-likeness (QED) is 0.775. The number of aryl methyl sites for hydroxylation is 1. The Balaban J connectivity index is 2.05. The van der Waals surface area contributed by atoms with Gasteiger partial charge in [-0.1, -0.05) is 0 Å². The lowest BCUT2D eigenvalue weighted by Crippen LogP contribution is -2.07. The van der Waals surface area contributed by atoms with Crippen LogP contribution in [-0.2, 0) is 4.79 Å². The van der Waals surface area contributed by atoms with Gasteiger partial charge in [-0.15, -0.1) is 0 Å². The predicted octanol–water partition coefficient (Wildman–Crippen LogP) is 2.54. The van der Waals surface area contributed by atoms with E-state index in [0.717, 1.165) is 22.9 Å². The summed E-state index contributed by atoms with van der Waals surface area (Å²) in [5.74, 6) is 1.17. The number of imidazole rings is 2. The average Bonchev–Trinajstić information content (AvgIpc) is 3.15. The van der Waals surface area contributed by atoms with E-state index in [1.165, 1.54) is 6.92 Å². The molecule has 118 valence electrons. The Kier molecular flexibility index (Phi) is 3.84. The summed E-state index contributed by atoms with van der Waals surface area (Å²) < 4.78 is 7.29. The topological polar surface area (TPSA) is 84.8 Å². The van der Waals surface area contributed by atoms with Crippen molar-refractivity contribution in [1.29, 1.82) is 0 Å². The molecule has 2 aromatic heterocycles. The number of hydrogen-bond acceptors (Lipinski definition) is 4. The summed E-state index contributed by atoms with van der Waals surface area (Å²) in [6.45, 7) is 3.41. The van der Waals surface area contributed by atoms with Gasteiger partial charge in [0.15, 0.2) is 5.82 Å². The Morgan fingerprint density at radius 1 is 1.35 bits per heavy atom. The van der Waals surface area contributed by atoms with Gasteiger partial charge in [-0.3, -0.25) is 9.36 Å². The highest BCUT2D eigenvalue weighted by atomic mass is 16.5. The molecule has 2 N–H and O–H groups in total. The van der Waals surface area contributed by atoms with Crippen molar-refractivity contribution in [3.05, 3.63) is 42.6 Å². The van der Waals surface area contributed by atoms with E-state index < -0.39 is 0 Å². The minimum atomic E-state index is -0.147. The maximum Gasteiger partial charge on any atom is 0.221 e. The normalized spacial score (nSPS) is 10.6. The van der Waals surface area contributed by atoms with E-state index in [4.69, 9.17) is 4.74 Å². The fraction of sp³-hybridized carbons (Fsp3) is 0.188. The summed E-state index contributed by atoms with van der Waals surface area (Å²) >= 11 is 0. The van der Waals surface area contributed by atoms with Gasteiger partial charge in [-0.2, -0.15) is 0 Å². The van der Waals surface area contributed by atoms with Gasteiger partial charge < -0.3 is 15.0 Å². The van der Waals surface area contributed by atoms with Crippen molar-refractivity contribution in [3.63, 3.8) is 0 Å². The first kappa shape index (κ1) is 14.8. The third-order valence-electron chi connectivity index (χ3n) is 3.46. The maximum atomic E-state index is 11.2. The minimum absolute atomic E-state index is 0.147. The van der Waals surface area contributed by atoms with Gasteiger partial charge >= 0.3 is 0 Å². The number of H-pyrrole nitrogens is 1. The zero-order valence-electron chi connectivity index (χ0n) is 13.1. The number of hydrogen-bond donors (Lipinski definition) is 2. The third kappa shape index (κ3) is 2.80. The number of anilines is 1. The summed E-state index contributed by atoms with van der Waals surface area (Å²) in [6, 6.07) is 5.54. The van der Waals surface area contributed by atoms with Crippen molar-refractivity contribution in [2.75, 3.05) is 12.4 Å². The van der Waals surface area contributed by atoms with Crippen molar-refractivity contribution in [2.24, 2.45) is 0 Å². The Morgan fingerprint density at radius 3 is 2.83 bits per heavy atom. The van der Waals surface area contributed by atoms with E-state index in [-0.39, 0.29) is 5.91 Å². The lowest BCUT2D eigenvalue weighted by atomic mass is 10.2. The van der Waals surface area contributed by atoms with Crippen molar-refractivity contribution < 1.29 is 9.53 Å². The molecule has 0 atom stereocenters. The molecule has 0 spiro atoms. The molecule has 1 amide bonds. The number of benzene rings is 1. The van der Waals surface area contributed by atoms with E-state index in [1.807, 2.05) is 29.8 Å². The van der Waals surface area contributed by atoms with Crippen LogP contribution in [0.2, 0.25) is 0 Å². The third-order valence-corrected chi connectivity index (χ3v) is 3.46. The molecule has 3 aromatic rings. The highest BCUT2D eigenvalue weighted by Gasteiger charge is 2.14. The number of ether oxygens (including phenoxy) is 1. The zero-order chi connectivity index (χ0) is 16.4. The second-order valence-corrected chi connectivity index (χ2v) is 5.06. The van der Waals surface area contributed by atoms with Gasteiger partial charge in [0.2, 0.25) is 5.91 Å². The largest absolute Gasteiger partial charge is 0.494 e. The van der Waals surface area contributed by atoms with Gasteiger partial charge in [-0.05, 0) is 19.1 Å². The van der Waals surface area contributed by atoms with Crippen molar-refractivity contribution in [1.82, 2.24) is 19.5 Å². The number of aromatic amines is 1. The number of carbonyl (C=O) groups excluding carboxylic acids is 1. The van der Waals surface area contributed by atoms with E-state index in [2.05, 4.69) is 20.3 Å². The van der Waals surface area contributed by atoms with Crippen molar-refractivity contribution in [3.8, 4) is 23.0 Å². The van der Waals surface area contributed by atoms with E-state index in [0.29, 0.717) is 11.4 Å². The molecule has 0 aliphatic rings. The first-order valence-electron chi connectivity index (χ1n) is 7.10. The number of nitrogens with one attached hydrogen (secondary N) is 2. The van der Waals surface area contributed by atoms with Gasteiger partial charge in [-0.25, -0.2) is 9.97 Å². The number of rotatable bonds is 4. The smallest absolute Gasteiger partial charge is 0.221 e. The van der Waals surface area contributed by atoms with Gasteiger partial charge in [0, 0.05) is 31.1 Å². The fourth-order valence-electron chi connectivity index (χ4n) is 2.39. The highest BCUT2D eigenvalue weighted by Crippen LogP contribution is 2.29. The second-order valence-electron chi connectivity index (χ2n) is 5.06. The molecule has 0 radical (unpaired) electrons. The van der Waals surface area contributed by atoms with Gasteiger partial charge in [0.1, 0.15) is 11.4 Å². The monoisotopic (exact) mass is 311 g/mol. The lowest BCUT2D eigenvalue weighted by Gasteiger charge is -2.13. The molecule has 23 heavy (non-hydrogen) atoms. The van der Waals surface area contributed by atoms with Crippen molar-refractivity contribution >= 4 is 11.6 Å². The van der Waals surface area contributed by atoms with Crippen LogP contribution in [0.15, 0.2) is 36.9 Å². The fourth-order valence-corrected chi connectivity index (χ4v) is 2.39. The molecule has 0 saturated heterocycles. The van der Waals surface area contributed by atoms with Crippen LogP contribution in [0.1, 0.15) is 12.6 Å². The molecule has 3 rings (SSSR count). The Bertz CT molecular complexity index is 850. The first-order chi connectivity index (χ1) is 11.1. The molecular weight excluding hydrogens is 294 g/mol. The molecule has 0 saturated carbocycles. The lowest BCUT2D eigenvalue weighted by molar-refractivity contribution is -0.114. The van der Waals surface area contributed by atoms with Crippen LogP contribution in [0, 0.1) is 6.92 Å². The van der Waals surface area contributed by atoms with Crippen LogP contribution in [0.3, 0.4) is 0 Å². The number of aromatic nitrogens is 4. The second kappa shape index (κ2) is 5.96. The Labute approximate surface area is 133 Å². The molecule has 1 aromatic carbocycles. The molecule has 0 aliphatic carbocycles. The SMILES string of the molecule is COc1cc(-n2ccnc2-c2nc[nH]c2C)ccc1NC(C)=O. The summed E-state index contributed by atoms with van der Waals surface area (Å²) in [5.41, 5.74) is 3.23. The number of amides is 1. The average molecular weight is 311 g/mol. The predicted molar refractivity (Wildman–Crippen MR) is 86.7 cm³/mol. The Morgan fingerprint density at radius 2 is 2.17 bits per heavy atom. The maximum absolute atomic E-state index is 11.2. The van der Waals surface area contributed by atoms with Crippen LogP contribution in [0.5, 0.6) is 5.75 Å². The molecule has 7 nitrogen and oxygen atoms in total. The molecule has 0 bridgehead atoms. The standard InChI is InChI=1S/C16H17N5O2/c1-10-15(19-9-18-10)16-17-6-7-21(16)12-4-5-13(20-11(2)22)14(8-12)23-3/h4-9H,1-3H3,(H,18,19)(H,20,22). The minimum Gasteiger partial charge on any atom is -0.494 e. The van der Waals surface area contributed by atoms with E-state index >= 15 is 0 Å². The first-order valence-corrected chi connectivity index (χ1v) is 7.10. The van der Waals surface area contributed by atoms with E-state index in [1.54, 1.807) is 25.7 Å². The molecule has 0 unspecified atom stereocenters. The van der Waals surface area contributed by atoms with Crippen LogP contribution >= 0.6 is 0 Å². The molecular formula is C16H17N5O2. The van der Waals surface area contributed by atoms with Crippen LogP contribution in [0.4, 0.5) is 5.69 Å². The Hall–Kier alpha value is -3.09. The summed E-state index contributed by atoms with van der Waals surface area (Å²) in [7, 11) is 1.57. The summed E-state index contributed by atoms with van der Waals surface area (Å²) in [6.07, 6.45) is 5.22. The number of methoxy groups -OCH3 is 1. The van der Waals surface area contributed by atoms with E-state index in [9.17, 15) is 4.79 Å². The van der Waals surface area contributed by atoms with Crippen LogP contribution in [-0.4, -0.2) is 32.5 Å². The van der Waals surface area contributed by atoms with Crippen LogP contribution in [0.25, 0.3) is 17.2 Å². The molecule has 7 heteroatoms. The summed E-state index contributed by atoms with van der Waals surface area (Å²) in [5, 5.41) is 2.74. The molecule has 2 heterocycles. The number of carbonyl (C=O) groups is 1. The highest BCUT2D eigenvalue weighted by molar-refractivity contribution is 5.90. The van der Waals surface area contributed by atoms with Gasteiger partial charge in [0.05, 0.1) is 24.8 Å². The number of nitrogens with zero attached hydrogens (tertiary/aromatic N) is 3. The van der Waals surface area contributed by atoms with Crippen molar-refractivity contribution in [2.45, 2.75) is 13.8 Å². The van der Waals surface area contributed by atoms with Gasteiger partial charge in [0.25, 0.3) is 0 Å². The molecule has 0 fully saturated rings. The molecule has 0 aliphatic heterocycles. The summed E-state index contributed by atoms with van der Waals surface area (Å²) in [4.78, 5) is 23.0. The van der Waals surface area contributed by atoms with Crippen LogP contribution < -0.4 is 10.1 Å². The zero-order valence-corrected chi connectivity index (χ0v) is 13.1.